The average Bonchev–Trinajstić information content (AvgIpc) is 2.55. The van der Waals surface area contributed by atoms with Crippen molar-refractivity contribution < 1.29 is 0 Å². The van der Waals surface area contributed by atoms with Crippen LogP contribution in [0.1, 0.15) is 0 Å². The molecule has 3 heterocycles. The van der Waals surface area contributed by atoms with Gasteiger partial charge in [0.2, 0.25) is 0 Å². The summed E-state index contributed by atoms with van der Waals surface area (Å²) in [6, 6.07) is 0. The molecule has 3 saturated heterocycles. The molecule has 0 nitrogen and oxygen atoms in total. The van der Waals surface area contributed by atoms with E-state index in [-0.39, 0.29) is 0 Å². The third-order valence-electron chi connectivity index (χ3n) is 2.58. The van der Waals surface area contributed by atoms with Gasteiger partial charge in [-0.2, -0.15) is 0 Å². The maximum absolute atomic E-state index is 2.50. The molecule has 7 heteroatoms. The van der Waals surface area contributed by atoms with Crippen molar-refractivity contribution in [1.29, 1.82) is 0 Å². The van der Waals surface area contributed by atoms with Gasteiger partial charge < -0.3 is 0 Å². The van der Waals surface area contributed by atoms with Crippen molar-refractivity contribution in [3.63, 3.8) is 0 Å². The summed E-state index contributed by atoms with van der Waals surface area (Å²) in [5.74, 6) is 7.27. The number of hydrogen-bond donors (Lipinski definition) is 0. The number of thioether (sulfide) groups is 2. The van der Waals surface area contributed by atoms with Crippen LogP contribution in [0.15, 0.2) is 0 Å². The van der Waals surface area contributed by atoms with Gasteiger partial charge in [-0.1, -0.05) is 0 Å². The third-order valence-corrected chi connectivity index (χ3v) is 55.4. The Morgan fingerprint density at radius 2 is 1.53 bits per heavy atom. The predicted octanol–water partition coefficient (Wildman–Crippen LogP) is 4.02. The molecule has 0 aromatic carbocycles. The van der Waals surface area contributed by atoms with Gasteiger partial charge in [0.15, 0.2) is 0 Å². The van der Waals surface area contributed by atoms with Crippen LogP contribution in [0.5, 0.6) is 0 Å². The van der Waals surface area contributed by atoms with E-state index in [1.807, 2.05) is 0 Å². The van der Waals surface area contributed by atoms with E-state index in [9.17, 15) is 0 Å². The normalized spacial score (nSPS) is 31.2. The first-order valence-electron chi connectivity index (χ1n) is 5.18. The fraction of sp³-hybridized carbons (Fsp3) is 1.00. The summed E-state index contributed by atoms with van der Waals surface area (Å²) in [4.78, 5) is 0. The van der Waals surface area contributed by atoms with Crippen molar-refractivity contribution in [1.82, 2.24) is 0 Å². The van der Waals surface area contributed by atoms with Gasteiger partial charge in [0.05, 0.1) is 0 Å². The number of hydrogen-bond acceptors (Lipinski definition) is 6. The van der Waals surface area contributed by atoms with Crippen LogP contribution in [0, 0.1) is 0 Å². The van der Waals surface area contributed by atoms with E-state index in [1.54, 1.807) is 4.44 Å². The van der Waals surface area contributed by atoms with Crippen molar-refractivity contribution in [3.05, 3.63) is 0 Å². The Bertz CT molecular complexity index is 205. The van der Waals surface area contributed by atoms with E-state index in [0.717, 1.165) is 10.5 Å². The third kappa shape index (κ3) is 3.26. The maximum atomic E-state index is 2.50. The van der Waals surface area contributed by atoms with Crippen LogP contribution >= 0.6 is 60.2 Å². The van der Waals surface area contributed by atoms with Crippen molar-refractivity contribution in [3.8, 4) is 0 Å². The fourth-order valence-corrected chi connectivity index (χ4v) is 69.3. The standard InChI is InChI=1S/2C3H6S2.C2H5S2.Sn/c2*4-3-1-5-2-3;1-2-4-3;/h2*3-4H,1-2H2;3H,1-2H2;/q;;;+3/p-3. The molecule has 0 saturated carbocycles. The van der Waals surface area contributed by atoms with Crippen LogP contribution in [0.3, 0.4) is 0 Å². The minimum absolute atomic E-state index is 1.05. The molecule has 0 aromatic heterocycles. The van der Waals surface area contributed by atoms with E-state index in [4.69, 9.17) is 0 Å². The summed E-state index contributed by atoms with van der Waals surface area (Å²) >= 11 is 2.50. The quantitative estimate of drug-likeness (QED) is 0.493. The summed E-state index contributed by atoms with van der Waals surface area (Å²) in [5, 5.41) is 2.11. The molecule has 0 spiro atoms. The molecule has 0 unspecified atom stereocenters. The molecular weight excluding hydrogens is 407 g/mol. The summed E-state index contributed by atoms with van der Waals surface area (Å²) < 4.78 is 1.63. The Labute approximate surface area is 116 Å². The SMILES string of the molecule is C1[CH2][Sn]([S]C2CSC2)([S]C2CSC2)[S]S1. The zero-order valence-corrected chi connectivity index (χ0v) is 16.1. The fourth-order valence-electron chi connectivity index (χ4n) is 1.60. The molecule has 0 atom stereocenters. The molecule has 0 amide bonds. The Hall–Kier alpha value is 2.90. The van der Waals surface area contributed by atoms with E-state index < -0.39 is 14.2 Å². The van der Waals surface area contributed by atoms with E-state index in [0.29, 0.717) is 0 Å². The molecular formula is C8H14S6Sn. The van der Waals surface area contributed by atoms with Crippen molar-refractivity contribution in [2.45, 2.75) is 14.9 Å². The first kappa shape index (κ1) is 12.9. The molecule has 0 radical (unpaired) electrons. The van der Waals surface area contributed by atoms with Gasteiger partial charge >= 0.3 is 118 Å². The number of rotatable bonds is 4. The average molecular weight is 421 g/mol. The van der Waals surface area contributed by atoms with Crippen LogP contribution < -0.4 is 0 Å². The summed E-state index contributed by atoms with van der Waals surface area (Å²) in [5.41, 5.74) is 0. The molecule has 3 rings (SSSR count). The molecule has 86 valence electrons. The van der Waals surface area contributed by atoms with Crippen molar-refractivity contribution in [2.24, 2.45) is 0 Å². The topological polar surface area (TPSA) is 0 Å². The predicted molar refractivity (Wildman–Crippen MR) is 88.0 cm³/mol. The van der Waals surface area contributed by atoms with Crippen molar-refractivity contribution >= 4 is 74.4 Å². The van der Waals surface area contributed by atoms with Crippen molar-refractivity contribution in [2.75, 3.05) is 28.8 Å². The van der Waals surface area contributed by atoms with E-state index in [2.05, 4.69) is 60.2 Å². The van der Waals surface area contributed by atoms with Crippen LogP contribution in [0.25, 0.3) is 0 Å². The van der Waals surface area contributed by atoms with Gasteiger partial charge in [-0.15, -0.1) is 0 Å². The van der Waals surface area contributed by atoms with Crippen LogP contribution in [0.2, 0.25) is 4.44 Å². The Morgan fingerprint density at radius 1 is 0.933 bits per heavy atom. The molecule has 3 aliphatic rings. The Balaban J connectivity index is 1.58. The molecule has 15 heavy (non-hydrogen) atoms. The van der Waals surface area contributed by atoms with Crippen LogP contribution in [-0.4, -0.2) is 53.5 Å². The summed E-state index contributed by atoms with van der Waals surface area (Å²) in [7, 11) is 9.58. The van der Waals surface area contributed by atoms with Crippen LogP contribution in [-0.2, 0) is 0 Å². The minimum atomic E-state index is -1.80. The van der Waals surface area contributed by atoms with E-state index in [1.165, 1.54) is 28.8 Å². The molecule has 3 aliphatic heterocycles. The van der Waals surface area contributed by atoms with Gasteiger partial charge in [0, 0.05) is 0 Å². The molecule has 0 aliphatic carbocycles. The molecule has 0 aromatic rings. The van der Waals surface area contributed by atoms with Gasteiger partial charge in [-0.3, -0.25) is 0 Å². The first-order chi connectivity index (χ1) is 7.36. The van der Waals surface area contributed by atoms with Gasteiger partial charge in [-0.25, -0.2) is 0 Å². The monoisotopic (exact) mass is 422 g/mol. The molecule has 0 N–H and O–H groups in total. The second-order valence-corrected chi connectivity index (χ2v) is 42.7. The van der Waals surface area contributed by atoms with Gasteiger partial charge in [-0.05, 0) is 0 Å². The first-order valence-corrected chi connectivity index (χ1v) is 24.1. The summed E-state index contributed by atoms with van der Waals surface area (Å²) in [6.45, 7) is 0. The Kier molecular flexibility index (Phi) is 5.08. The second-order valence-electron chi connectivity index (χ2n) is 3.89. The zero-order chi connectivity index (χ0) is 10.1. The molecule has 0 bridgehead atoms. The van der Waals surface area contributed by atoms with Gasteiger partial charge in [0.1, 0.15) is 0 Å². The Morgan fingerprint density at radius 3 is 1.87 bits per heavy atom. The summed E-state index contributed by atoms with van der Waals surface area (Å²) in [6.07, 6.45) is 0. The van der Waals surface area contributed by atoms with Crippen LogP contribution in [0.4, 0.5) is 0 Å². The molecule has 3 fully saturated rings. The van der Waals surface area contributed by atoms with E-state index >= 15 is 0 Å². The zero-order valence-electron chi connectivity index (χ0n) is 8.35. The van der Waals surface area contributed by atoms with Gasteiger partial charge in [0.25, 0.3) is 0 Å². The second kappa shape index (κ2) is 5.90.